The molecule has 0 aliphatic carbocycles. The first-order valence-corrected chi connectivity index (χ1v) is 7.58. The number of carbonyl (C=O) groups excluding carboxylic acids is 2. The molecular formula is C17H27N3O2. The van der Waals surface area contributed by atoms with Crippen LogP contribution in [0.5, 0.6) is 0 Å². The molecule has 1 aromatic carbocycles. The number of rotatable bonds is 5. The molecule has 0 spiro atoms. The second-order valence-electron chi connectivity index (χ2n) is 6.30. The Morgan fingerprint density at radius 3 is 2.32 bits per heavy atom. The van der Waals surface area contributed by atoms with Crippen molar-refractivity contribution in [3.8, 4) is 0 Å². The number of nitrogens with one attached hydrogen (secondary N) is 1. The predicted octanol–water partition coefficient (Wildman–Crippen LogP) is 3.29. The lowest BCUT2D eigenvalue weighted by molar-refractivity contribution is 0.0827. The summed E-state index contributed by atoms with van der Waals surface area (Å²) in [6, 6.07) is 6.98. The van der Waals surface area contributed by atoms with Gasteiger partial charge in [0, 0.05) is 38.4 Å². The van der Waals surface area contributed by atoms with E-state index in [2.05, 4.69) is 19.2 Å². The minimum Gasteiger partial charge on any atom is -0.345 e. The van der Waals surface area contributed by atoms with Gasteiger partial charge in [0.15, 0.2) is 0 Å². The first-order valence-electron chi connectivity index (χ1n) is 7.58. The summed E-state index contributed by atoms with van der Waals surface area (Å²) >= 11 is 0. The maximum absolute atomic E-state index is 12.3. The lowest BCUT2D eigenvalue weighted by atomic mass is 10.0. The summed E-state index contributed by atoms with van der Waals surface area (Å²) in [6.07, 6.45) is 0.947. The van der Waals surface area contributed by atoms with Crippen molar-refractivity contribution in [1.82, 2.24) is 9.80 Å². The molecule has 1 N–H and O–H groups in total. The summed E-state index contributed by atoms with van der Waals surface area (Å²) in [5.74, 6) is 0.448. The Balaban J connectivity index is 2.76. The van der Waals surface area contributed by atoms with Gasteiger partial charge in [0.2, 0.25) is 0 Å². The number of urea groups is 1. The standard InChI is InChI=1S/C17H27N3O2/c1-12(2)10-13(3)20(6)17(22)18-15-9-7-8-14(11-15)16(21)19(4)5/h7-9,11-13H,10H2,1-6H3,(H,18,22)/t13-/m0/s1. The van der Waals surface area contributed by atoms with E-state index in [-0.39, 0.29) is 18.0 Å². The molecule has 1 aromatic rings. The maximum atomic E-state index is 12.3. The van der Waals surface area contributed by atoms with Crippen LogP contribution in [0.4, 0.5) is 10.5 Å². The second-order valence-corrected chi connectivity index (χ2v) is 6.30. The lowest BCUT2D eigenvalue weighted by Gasteiger charge is -2.26. The van der Waals surface area contributed by atoms with Crippen molar-refractivity contribution >= 4 is 17.6 Å². The molecule has 0 bridgehead atoms. The molecule has 22 heavy (non-hydrogen) atoms. The molecule has 0 heterocycles. The average Bonchev–Trinajstić information content (AvgIpc) is 2.44. The molecule has 1 rings (SSSR count). The molecule has 3 amide bonds. The number of carbonyl (C=O) groups is 2. The molecule has 0 unspecified atom stereocenters. The Labute approximate surface area is 133 Å². The van der Waals surface area contributed by atoms with Crippen molar-refractivity contribution in [2.75, 3.05) is 26.5 Å². The molecule has 0 aliphatic rings. The Morgan fingerprint density at radius 1 is 1.14 bits per heavy atom. The molecule has 1 atom stereocenters. The van der Waals surface area contributed by atoms with E-state index in [9.17, 15) is 9.59 Å². The zero-order valence-electron chi connectivity index (χ0n) is 14.4. The minimum absolute atomic E-state index is 0.0855. The third kappa shape index (κ3) is 5.06. The van der Waals surface area contributed by atoms with Gasteiger partial charge in [-0.3, -0.25) is 4.79 Å². The van der Waals surface area contributed by atoms with Crippen molar-refractivity contribution in [3.63, 3.8) is 0 Å². The van der Waals surface area contributed by atoms with Gasteiger partial charge in [0.05, 0.1) is 0 Å². The first-order chi connectivity index (χ1) is 10.2. The third-order valence-corrected chi connectivity index (χ3v) is 3.56. The molecule has 0 saturated carbocycles. The van der Waals surface area contributed by atoms with Crippen molar-refractivity contribution in [1.29, 1.82) is 0 Å². The topological polar surface area (TPSA) is 52.7 Å². The van der Waals surface area contributed by atoms with Gasteiger partial charge in [-0.2, -0.15) is 0 Å². The summed E-state index contributed by atoms with van der Waals surface area (Å²) in [7, 11) is 5.20. The van der Waals surface area contributed by atoms with E-state index in [1.54, 1.807) is 50.3 Å². The molecule has 0 saturated heterocycles. The van der Waals surface area contributed by atoms with Gasteiger partial charge in [-0.1, -0.05) is 19.9 Å². The second kappa shape index (κ2) is 7.82. The van der Waals surface area contributed by atoms with Gasteiger partial charge in [-0.15, -0.1) is 0 Å². The van der Waals surface area contributed by atoms with Gasteiger partial charge in [0.25, 0.3) is 5.91 Å². The van der Waals surface area contributed by atoms with Gasteiger partial charge in [0.1, 0.15) is 0 Å². The van der Waals surface area contributed by atoms with Crippen LogP contribution in [0.15, 0.2) is 24.3 Å². The van der Waals surface area contributed by atoms with Crippen molar-refractivity contribution in [2.24, 2.45) is 5.92 Å². The predicted molar refractivity (Wildman–Crippen MR) is 90.2 cm³/mol. The highest BCUT2D eigenvalue weighted by Crippen LogP contribution is 2.15. The van der Waals surface area contributed by atoms with E-state index in [0.717, 1.165) is 6.42 Å². The van der Waals surface area contributed by atoms with Crippen LogP contribution in [0.3, 0.4) is 0 Å². The minimum atomic E-state index is -0.164. The molecular weight excluding hydrogens is 278 g/mol. The Hall–Kier alpha value is -2.04. The van der Waals surface area contributed by atoms with E-state index < -0.39 is 0 Å². The fourth-order valence-electron chi connectivity index (χ4n) is 2.24. The molecule has 0 aromatic heterocycles. The largest absolute Gasteiger partial charge is 0.345 e. The number of nitrogens with zero attached hydrogens (tertiary/aromatic N) is 2. The molecule has 5 heteroatoms. The Kier molecular flexibility index (Phi) is 6.40. The molecule has 0 radical (unpaired) electrons. The number of hydrogen-bond acceptors (Lipinski definition) is 2. The lowest BCUT2D eigenvalue weighted by Crippen LogP contribution is -2.38. The summed E-state index contributed by atoms with van der Waals surface area (Å²) in [5, 5.41) is 2.85. The van der Waals surface area contributed by atoms with Gasteiger partial charge in [-0.25, -0.2) is 4.79 Å². The smallest absolute Gasteiger partial charge is 0.321 e. The highest BCUT2D eigenvalue weighted by molar-refractivity contribution is 5.96. The molecule has 5 nitrogen and oxygen atoms in total. The van der Waals surface area contributed by atoms with Crippen LogP contribution in [0.25, 0.3) is 0 Å². The van der Waals surface area contributed by atoms with Crippen LogP contribution in [0.2, 0.25) is 0 Å². The number of hydrogen-bond donors (Lipinski definition) is 1. The third-order valence-electron chi connectivity index (χ3n) is 3.56. The van der Waals surface area contributed by atoms with Crippen molar-refractivity contribution in [3.05, 3.63) is 29.8 Å². The fourth-order valence-corrected chi connectivity index (χ4v) is 2.24. The Bertz CT molecular complexity index is 526. The van der Waals surface area contributed by atoms with Gasteiger partial charge >= 0.3 is 6.03 Å². The number of amides is 3. The zero-order valence-corrected chi connectivity index (χ0v) is 14.4. The van der Waals surface area contributed by atoms with Crippen LogP contribution in [0.1, 0.15) is 37.6 Å². The monoisotopic (exact) mass is 305 g/mol. The summed E-state index contributed by atoms with van der Waals surface area (Å²) in [6.45, 7) is 6.31. The van der Waals surface area contributed by atoms with Crippen LogP contribution in [-0.2, 0) is 0 Å². The SMILES string of the molecule is CC(C)C[C@H](C)N(C)C(=O)Nc1cccc(C(=O)N(C)C)c1. The Morgan fingerprint density at radius 2 is 1.77 bits per heavy atom. The van der Waals surface area contributed by atoms with E-state index >= 15 is 0 Å². The molecule has 0 aliphatic heterocycles. The normalized spacial score (nSPS) is 12.0. The maximum Gasteiger partial charge on any atom is 0.321 e. The summed E-state index contributed by atoms with van der Waals surface area (Å²) in [4.78, 5) is 27.4. The summed E-state index contributed by atoms with van der Waals surface area (Å²) < 4.78 is 0. The highest BCUT2D eigenvalue weighted by atomic mass is 16.2. The molecule has 122 valence electrons. The van der Waals surface area contributed by atoms with E-state index in [1.165, 1.54) is 4.90 Å². The van der Waals surface area contributed by atoms with Gasteiger partial charge in [-0.05, 0) is 37.5 Å². The average molecular weight is 305 g/mol. The van der Waals surface area contributed by atoms with Crippen molar-refractivity contribution < 1.29 is 9.59 Å². The zero-order chi connectivity index (χ0) is 16.9. The van der Waals surface area contributed by atoms with Crippen LogP contribution >= 0.6 is 0 Å². The van der Waals surface area contributed by atoms with E-state index in [4.69, 9.17) is 0 Å². The molecule has 0 fully saturated rings. The van der Waals surface area contributed by atoms with E-state index in [0.29, 0.717) is 17.2 Å². The quantitative estimate of drug-likeness (QED) is 0.907. The van der Waals surface area contributed by atoms with Crippen LogP contribution < -0.4 is 5.32 Å². The van der Waals surface area contributed by atoms with Crippen LogP contribution in [-0.4, -0.2) is 48.9 Å². The van der Waals surface area contributed by atoms with Crippen LogP contribution in [0, 0.1) is 5.92 Å². The highest BCUT2D eigenvalue weighted by Gasteiger charge is 2.17. The number of benzene rings is 1. The number of anilines is 1. The first kappa shape index (κ1) is 18.0. The van der Waals surface area contributed by atoms with E-state index in [1.807, 2.05) is 6.92 Å². The van der Waals surface area contributed by atoms with Crippen molar-refractivity contribution in [2.45, 2.75) is 33.2 Å². The van der Waals surface area contributed by atoms with Gasteiger partial charge < -0.3 is 15.1 Å². The summed E-state index contributed by atoms with van der Waals surface area (Å²) in [5.41, 5.74) is 1.18. The fraction of sp³-hybridized carbons (Fsp3) is 0.529.